The van der Waals surface area contributed by atoms with Gasteiger partial charge in [-0.2, -0.15) is 0 Å². The number of H-pyrrole nitrogens is 1. The molecule has 0 aliphatic heterocycles. The van der Waals surface area contributed by atoms with E-state index in [0.29, 0.717) is 11.1 Å². The smallest absolute Gasteiger partial charge is 0.234 e. The molecule has 23 heavy (non-hydrogen) atoms. The normalized spacial score (nSPS) is 13.4. The molecular formula is C20H11NO2. The zero-order chi connectivity index (χ0) is 15.6. The van der Waals surface area contributed by atoms with Gasteiger partial charge in [-0.25, -0.2) is 0 Å². The quantitative estimate of drug-likeness (QED) is 0.490. The number of benzene rings is 3. The molecule has 1 heterocycles. The first-order valence-electron chi connectivity index (χ1n) is 7.47. The molecule has 0 radical (unpaired) electrons. The number of rotatable bonds is 0. The van der Waals surface area contributed by atoms with E-state index >= 15 is 0 Å². The van der Waals surface area contributed by atoms with Gasteiger partial charge in [0.15, 0.2) is 0 Å². The summed E-state index contributed by atoms with van der Waals surface area (Å²) in [5.41, 5.74) is 4.54. The first-order valence-corrected chi connectivity index (χ1v) is 7.47. The van der Waals surface area contributed by atoms with Crippen LogP contribution in [0.5, 0.6) is 0 Å². The second kappa shape index (κ2) is 4.17. The van der Waals surface area contributed by atoms with E-state index in [1.54, 1.807) is 18.2 Å². The maximum atomic E-state index is 12.5. The van der Waals surface area contributed by atoms with Crippen molar-refractivity contribution in [3.8, 4) is 11.1 Å². The molecule has 5 rings (SSSR count). The Hall–Kier alpha value is -3.20. The van der Waals surface area contributed by atoms with Crippen LogP contribution in [0.4, 0.5) is 0 Å². The minimum atomic E-state index is -0.431. The van der Waals surface area contributed by atoms with Crippen molar-refractivity contribution in [1.82, 2.24) is 4.98 Å². The molecule has 3 aromatic carbocycles. The third-order valence-electron chi connectivity index (χ3n) is 4.56. The Bertz CT molecular complexity index is 1150. The van der Waals surface area contributed by atoms with Crippen LogP contribution >= 0.6 is 0 Å². The molecule has 0 bridgehead atoms. The van der Waals surface area contributed by atoms with Crippen LogP contribution in [-0.2, 0) is 0 Å². The second-order valence-electron chi connectivity index (χ2n) is 5.82. The molecule has 4 aromatic rings. The molecule has 0 amide bonds. The van der Waals surface area contributed by atoms with Gasteiger partial charge in [0.1, 0.15) is 0 Å². The lowest BCUT2D eigenvalue weighted by molar-refractivity contribution is 0.0815. The minimum Gasteiger partial charge on any atom is -0.354 e. The van der Waals surface area contributed by atoms with Crippen LogP contribution in [0, 0.1) is 0 Å². The summed E-state index contributed by atoms with van der Waals surface area (Å²) in [7, 11) is 0. The third kappa shape index (κ3) is 1.53. The number of aromatic amines is 1. The molecule has 3 nitrogen and oxygen atoms in total. The maximum Gasteiger partial charge on any atom is 0.234 e. The molecule has 0 unspecified atom stereocenters. The summed E-state index contributed by atoms with van der Waals surface area (Å²) >= 11 is 0. The Kier molecular flexibility index (Phi) is 2.24. The van der Waals surface area contributed by atoms with Crippen LogP contribution < -0.4 is 0 Å². The highest BCUT2D eigenvalue weighted by Gasteiger charge is 2.30. The fourth-order valence-electron chi connectivity index (χ4n) is 3.47. The predicted molar refractivity (Wildman–Crippen MR) is 89.9 cm³/mol. The monoisotopic (exact) mass is 297 g/mol. The second-order valence-corrected chi connectivity index (χ2v) is 5.82. The van der Waals surface area contributed by atoms with Crippen molar-refractivity contribution in [2.75, 3.05) is 0 Å². The van der Waals surface area contributed by atoms with E-state index in [2.05, 4.69) is 11.1 Å². The lowest BCUT2D eigenvalue weighted by Gasteiger charge is -2.17. The lowest BCUT2D eigenvalue weighted by atomic mass is 9.83. The molecule has 1 aromatic heterocycles. The highest BCUT2D eigenvalue weighted by Crippen LogP contribution is 2.37. The van der Waals surface area contributed by atoms with Crippen molar-refractivity contribution in [2.24, 2.45) is 0 Å². The standard InChI is InChI=1S/C20H11NO2/c22-19-13-7-2-1-5-11(13)14-9-15-12-6-3-4-8-17(12)21-18(15)10-16(14)20(19)23/h1-10,21H. The molecule has 1 N–H and O–H groups in total. The Morgan fingerprint density at radius 1 is 0.565 bits per heavy atom. The Morgan fingerprint density at radius 3 is 2.13 bits per heavy atom. The van der Waals surface area contributed by atoms with Gasteiger partial charge in [-0.1, -0.05) is 42.5 Å². The molecule has 1 aliphatic carbocycles. The van der Waals surface area contributed by atoms with Gasteiger partial charge in [-0.3, -0.25) is 9.59 Å². The topological polar surface area (TPSA) is 49.9 Å². The van der Waals surface area contributed by atoms with Gasteiger partial charge in [0.05, 0.1) is 0 Å². The molecule has 108 valence electrons. The molecule has 0 atom stereocenters. The number of aromatic nitrogens is 1. The summed E-state index contributed by atoms with van der Waals surface area (Å²) < 4.78 is 0. The van der Waals surface area contributed by atoms with Crippen LogP contribution in [-0.4, -0.2) is 16.6 Å². The van der Waals surface area contributed by atoms with Crippen LogP contribution in [0.25, 0.3) is 32.9 Å². The Morgan fingerprint density at radius 2 is 1.26 bits per heavy atom. The summed E-state index contributed by atoms with van der Waals surface area (Å²) in [5.74, 6) is -0.859. The molecule has 0 saturated heterocycles. The third-order valence-corrected chi connectivity index (χ3v) is 4.56. The fraction of sp³-hybridized carbons (Fsp3) is 0. The van der Waals surface area contributed by atoms with Crippen molar-refractivity contribution in [3.05, 3.63) is 71.8 Å². The minimum absolute atomic E-state index is 0.427. The van der Waals surface area contributed by atoms with E-state index in [1.165, 1.54) is 0 Å². The SMILES string of the molecule is O=C1C(=O)c2cc3[nH]c4ccccc4c3cc2-c2ccccc21. The molecule has 0 saturated carbocycles. The van der Waals surface area contributed by atoms with Gasteiger partial charge in [0, 0.05) is 32.9 Å². The number of ketones is 2. The maximum absolute atomic E-state index is 12.5. The zero-order valence-electron chi connectivity index (χ0n) is 12.1. The van der Waals surface area contributed by atoms with Crippen molar-refractivity contribution < 1.29 is 9.59 Å². The van der Waals surface area contributed by atoms with Gasteiger partial charge in [-0.15, -0.1) is 0 Å². The Labute approximate surface area is 131 Å². The van der Waals surface area contributed by atoms with Crippen LogP contribution in [0.15, 0.2) is 60.7 Å². The number of fused-ring (bicyclic) bond motifs is 6. The number of nitrogens with one attached hydrogen (secondary N) is 1. The molecule has 0 spiro atoms. The van der Waals surface area contributed by atoms with E-state index in [4.69, 9.17) is 0 Å². The summed E-state index contributed by atoms with van der Waals surface area (Å²) in [5, 5.41) is 2.18. The summed E-state index contributed by atoms with van der Waals surface area (Å²) in [4.78, 5) is 28.1. The van der Waals surface area contributed by atoms with Crippen molar-refractivity contribution in [3.63, 3.8) is 0 Å². The molecular weight excluding hydrogens is 286 g/mol. The highest BCUT2D eigenvalue weighted by atomic mass is 16.2. The first-order chi connectivity index (χ1) is 11.2. The van der Waals surface area contributed by atoms with Crippen LogP contribution in [0.1, 0.15) is 20.7 Å². The van der Waals surface area contributed by atoms with Gasteiger partial charge in [-0.05, 0) is 29.3 Å². The van der Waals surface area contributed by atoms with Crippen LogP contribution in [0.2, 0.25) is 0 Å². The zero-order valence-corrected chi connectivity index (χ0v) is 12.1. The average molecular weight is 297 g/mol. The van der Waals surface area contributed by atoms with Crippen molar-refractivity contribution in [2.45, 2.75) is 0 Å². The molecule has 0 fully saturated rings. The van der Waals surface area contributed by atoms with E-state index in [9.17, 15) is 9.59 Å². The first kappa shape index (κ1) is 12.4. The number of hydrogen-bond donors (Lipinski definition) is 1. The predicted octanol–water partition coefficient (Wildman–Crippen LogP) is 4.37. The number of carbonyl (C=O) groups is 2. The summed E-state index contributed by atoms with van der Waals surface area (Å²) in [6.45, 7) is 0. The molecule has 3 heteroatoms. The van der Waals surface area contributed by atoms with E-state index in [0.717, 1.165) is 32.9 Å². The van der Waals surface area contributed by atoms with Crippen molar-refractivity contribution >= 4 is 33.4 Å². The lowest BCUT2D eigenvalue weighted by Crippen LogP contribution is -2.21. The van der Waals surface area contributed by atoms with E-state index < -0.39 is 11.6 Å². The van der Waals surface area contributed by atoms with Crippen LogP contribution in [0.3, 0.4) is 0 Å². The van der Waals surface area contributed by atoms with Gasteiger partial charge in [0.25, 0.3) is 0 Å². The largest absolute Gasteiger partial charge is 0.354 e. The van der Waals surface area contributed by atoms with E-state index in [1.807, 2.05) is 36.4 Å². The Balaban J connectivity index is 1.95. The van der Waals surface area contributed by atoms with Crippen molar-refractivity contribution in [1.29, 1.82) is 0 Å². The van der Waals surface area contributed by atoms with Gasteiger partial charge < -0.3 is 4.98 Å². The van der Waals surface area contributed by atoms with Gasteiger partial charge >= 0.3 is 0 Å². The fourth-order valence-corrected chi connectivity index (χ4v) is 3.47. The number of carbonyl (C=O) groups excluding carboxylic acids is 2. The summed E-state index contributed by atoms with van der Waals surface area (Å²) in [6.07, 6.45) is 0. The number of hydrogen-bond acceptors (Lipinski definition) is 2. The number of para-hydroxylation sites is 1. The van der Waals surface area contributed by atoms with E-state index in [-0.39, 0.29) is 0 Å². The average Bonchev–Trinajstić information content (AvgIpc) is 2.96. The molecule has 1 aliphatic rings. The number of Topliss-reactive ketones (excluding diaryl/α,β-unsaturated/α-hetero) is 2. The van der Waals surface area contributed by atoms with Gasteiger partial charge in [0.2, 0.25) is 11.6 Å². The highest BCUT2D eigenvalue weighted by molar-refractivity contribution is 6.53. The summed E-state index contributed by atoms with van der Waals surface area (Å²) in [6, 6.07) is 19.2.